The van der Waals surface area contributed by atoms with Crippen molar-refractivity contribution in [3.8, 4) is 28.1 Å². The fourth-order valence-electron chi connectivity index (χ4n) is 11.0. The third kappa shape index (κ3) is 4.33. The van der Waals surface area contributed by atoms with Crippen LogP contribution in [0.25, 0.3) is 93.4 Å². The van der Waals surface area contributed by atoms with E-state index >= 15 is 0 Å². The van der Waals surface area contributed by atoms with Crippen LogP contribution in [-0.4, -0.2) is 20.9 Å². The average molecular weight is 748 g/mol. The van der Waals surface area contributed by atoms with Crippen LogP contribution >= 0.6 is 0 Å². The average Bonchev–Trinajstić information content (AvgIpc) is 3.70. The van der Waals surface area contributed by atoms with E-state index in [1.165, 1.54) is 121 Å². The maximum absolute atomic E-state index is 5.64. The van der Waals surface area contributed by atoms with Gasteiger partial charge in [0.25, 0.3) is 0 Å². The fraction of sp³-hybridized carbons (Fsp3) is 0.204. The summed E-state index contributed by atoms with van der Waals surface area (Å²) in [5.41, 5.74) is 20.7. The monoisotopic (exact) mass is 747 g/mol. The highest BCUT2D eigenvalue weighted by molar-refractivity contribution is 6.90. The molecule has 12 rings (SSSR count). The molecule has 0 spiro atoms. The Bertz CT molecular complexity index is 3480. The van der Waals surface area contributed by atoms with E-state index in [-0.39, 0.29) is 17.7 Å². The molecular formula is C54H46BN3. The Hall–Kier alpha value is -6.13. The van der Waals surface area contributed by atoms with Gasteiger partial charge in [-0.15, -0.1) is 0 Å². The zero-order valence-electron chi connectivity index (χ0n) is 34.9. The molecule has 7 aromatic carbocycles. The van der Waals surface area contributed by atoms with Gasteiger partial charge in [0.2, 0.25) is 0 Å². The van der Waals surface area contributed by atoms with Crippen molar-refractivity contribution in [2.24, 2.45) is 0 Å². The Morgan fingerprint density at radius 3 is 2.00 bits per heavy atom. The van der Waals surface area contributed by atoms with Crippen LogP contribution in [0.15, 0.2) is 115 Å². The molecule has 280 valence electrons. The van der Waals surface area contributed by atoms with Crippen molar-refractivity contribution >= 4 is 83.1 Å². The summed E-state index contributed by atoms with van der Waals surface area (Å²) in [5.74, 6) is 1.03. The van der Waals surface area contributed by atoms with Crippen LogP contribution in [0, 0.1) is 20.8 Å². The number of hydrogen-bond acceptors (Lipinski definition) is 1. The maximum Gasteiger partial charge on any atom is 0.334 e. The number of rotatable bonds is 1. The summed E-state index contributed by atoms with van der Waals surface area (Å²) in [4.78, 5) is 5.64. The second-order valence-corrected chi connectivity index (χ2v) is 19.4. The molecule has 0 radical (unpaired) electrons. The quantitative estimate of drug-likeness (QED) is 0.153. The number of benzene rings is 7. The summed E-state index contributed by atoms with van der Waals surface area (Å²) in [6.45, 7) is 20.7. The van der Waals surface area contributed by atoms with Gasteiger partial charge in [0.1, 0.15) is 5.82 Å². The molecule has 58 heavy (non-hydrogen) atoms. The van der Waals surface area contributed by atoms with Crippen LogP contribution in [0.3, 0.4) is 0 Å². The van der Waals surface area contributed by atoms with Gasteiger partial charge in [0.15, 0.2) is 0 Å². The van der Waals surface area contributed by atoms with Crippen molar-refractivity contribution < 1.29 is 0 Å². The summed E-state index contributed by atoms with van der Waals surface area (Å²) in [6.07, 6.45) is 0. The van der Waals surface area contributed by atoms with Crippen LogP contribution in [0.4, 0.5) is 0 Å². The lowest BCUT2D eigenvalue weighted by Gasteiger charge is -2.34. The Balaban J connectivity index is 1.34. The first-order valence-corrected chi connectivity index (χ1v) is 20.9. The molecule has 3 aromatic heterocycles. The highest BCUT2D eigenvalue weighted by atomic mass is 15.1. The SMILES string of the molecule is Cc1cc(C)c(-c2ccc3c(c2)c2c4ccccc4c4c5c2n3-c2nc3ccccc3cc2B5n2c3ccc(C(C)(C)C)cc3c3cc(C(C)(C)C)cc-4c32)c(C)c1. The molecule has 0 saturated heterocycles. The van der Waals surface area contributed by atoms with Crippen LogP contribution in [0.1, 0.15) is 69.4 Å². The van der Waals surface area contributed by atoms with Gasteiger partial charge in [-0.05, 0) is 140 Å². The number of fused-ring (bicyclic) bond motifs is 15. The summed E-state index contributed by atoms with van der Waals surface area (Å²) >= 11 is 0. The third-order valence-corrected chi connectivity index (χ3v) is 13.6. The normalized spacial score (nSPS) is 13.6. The molecule has 0 amide bonds. The summed E-state index contributed by atoms with van der Waals surface area (Å²) < 4.78 is 5.24. The van der Waals surface area contributed by atoms with Crippen molar-refractivity contribution in [1.82, 2.24) is 14.0 Å². The second kappa shape index (κ2) is 11.1. The van der Waals surface area contributed by atoms with Gasteiger partial charge in [-0.3, -0.25) is 4.57 Å². The first-order chi connectivity index (χ1) is 27.8. The Morgan fingerprint density at radius 2 is 1.24 bits per heavy atom. The fourth-order valence-corrected chi connectivity index (χ4v) is 11.0. The van der Waals surface area contributed by atoms with E-state index in [1.54, 1.807) is 0 Å². The lowest BCUT2D eigenvalue weighted by atomic mass is 9.45. The topological polar surface area (TPSA) is 22.8 Å². The predicted octanol–water partition coefficient (Wildman–Crippen LogP) is 12.7. The van der Waals surface area contributed by atoms with Gasteiger partial charge in [0.05, 0.1) is 16.6 Å². The van der Waals surface area contributed by atoms with Gasteiger partial charge >= 0.3 is 6.85 Å². The molecule has 0 N–H and O–H groups in total. The van der Waals surface area contributed by atoms with Crippen LogP contribution in [-0.2, 0) is 10.8 Å². The van der Waals surface area contributed by atoms with E-state index in [9.17, 15) is 0 Å². The van der Waals surface area contributed by atoms with Gasteiger partial charge in [0, 0.05) is 38.1 Å². The minimum atomic E-state index is -0.0689. The molecule has 10 aromatic rings. The maximum atomic E-state index is 5.64. The number of para-hydroxylation sites is 1. The van der Waals surface area contributed by atoms with E-state index in [0.29, 0.717) is 0 Å². The van der Waals surface area contributed by atoms with E-state index in [2.05, 4.69) is 187 Å². The van der Waals surface area contributed by atoms with Crippen molar-refractivity contribution in [3.63, 3.8) is 0 Å². The largest absolute Gasteiger partial charge is 0.375 e. The minimum Gasteiger partial charge on any atom is -0.375 e. The van der Waals surface area contributed by atoms with Gasteiger partial charge < -0.3 is 4.48 Å². The standard InChI is InChI=1S/C54H46BN3/c1-29-22-30(2)46(31(3)23-29)33-18-20-44-40(24-33)48-37-16-12-11-15-36(37)47-41-28-35(54(7,8)9)27-39-38-26-34(53(4,5)6)19-21-45(38)58(50(39)41)55-42-25-32-14-10-13-17-43(32)56-52(42)57(44)51(48)49(47)55/h10-28H,1-9H3. The number of aryl methyl sites for hydroxylation is 3. The molecule has 0 aliphatic carbocycles. The molecule has 3 nitrogen and oxygen atoms in total. The molecule has 2 aliphatic heterocycles. The summed E-state index contributed by atoms with van der Waals surface area (Å²) in [5, 5.41) is 9.05. The van der Waals surface area contributed by atoms with Crippen molar-refractivity contribution in [1.29, 1.82) is 0 Å². The molecule has 4 heteroatoms. The molecule has 0 atom stereocenters. The Kier molecular flexibility index (Phi) is 6.49. The Morgan fingerprint density at radius 1 is 0.552 bits per heavy atom. The van der Waals surface area contributed by atoms with Gasteiger partial charge in [-0.1, -0.05) is 120 Å². The van der Waals surface area contributed by atoms with E-state index in [0.717, 1.165) is 11.3 Å². The zero-order chi connectivity index (χ0) is 39.7. The summed E-state index contributed by atoms with van der Waals surface area (Å²) in [6, 6.07) is 44.5. The summed E-state index contributed by atoms with van der Waals surface area (Å²) in [7, 11) is 0. The second-order valence-electron chi connectivity index (χ2n) is 19.4. The lowest BCUT2D eigenvalue weighted by Crippen LogP contribution is -2.55. The smallest absolute Gasteiger partial charge is 0.334 e. The van der Waals surface area contributed by atoms with E-state index in [1.807, 2.05) is 0 Å². The molecule has 0 bridgehead atoms. The van der Waals surface area contributed by atoms with Gasteiger partial charge in [-0.2, -0.15) is 0 Å². The van der Waals surface area contributed by atoms with Crippen molar-refractivity contribution in [3.05, 3.63) is 143 Å². The van der Waals surface area contributed by atoms with Crippen LogP contribution in [0.2, 0.25) is 0 Å². The lowest BCUT2D eigenvalue weighted by molar-refractivity contribution is 0.590. The van der Waals surface area contributed by atoms with E-state index < -0.39 is 0 Å². The number of hydrogen-bond donors (Lipinski definition) is 0. The van der Waals surface area contributed by atoms with Crippen LogP contribution < -0.4 is 10.9 Å². The van der Waals surface area contributed by atoms with Crippen molar-refractivity contribution in [2.75, 3.05) is 0 Å². The first kappa shape index (κ1) is 34.0. The molecule has 0 fully saturated rings. The number of pyridine rings is 1. The molecule has 0 unspecified atom stereocenters. The predicted molar refractivity (Wildman–Crippen MR) is 249 cm³/mol. The molecule has 0 saturated carbocycles. The van der Waals surface area contributed by atoms with Crippen molar-refractivity contribution in [2.45, 2.75) is 73.1 Å². The first-order valence-electron chi connectivity index (χ1n) is 20.9. The highest BCUT2D eigenvalue weighted by Gasteiger charge is 2.44. The van der Waals surface area contributed by atoms with E-state index in [4.69, 9.17) is 4.98 Å². The minimum absolute atomic E-state index is 0.0221. The number of nitrogens with zero attached hydrogens (tertiary/aromatic N) is 3. The molecule has 2 aliphatic rings. The zero-order valence-corrected chi connectivity index (χ0v) is 34.9. The highest BCUT2D eigenvalue weighted by Crippen LogP contribution is 2.49. The Labute approximate surface area is 340 Å². The van der Waals surface area contributed by atoms with Crippen LogP contribution in [0.5, 0.6) is 0 Å². The van der Waals surface area contributed by atoms with Gasteiger partial charge in [-0.25, -0.2) is 4.98 Å². The molecule has 5 heterocycles. The number of aromatic nitrogens is 3. The molecular weight excluding hydrogens is 701 g/mol. The third-order valence-electron chi connectivity index (χ3n) is 13.6.